The fourth-order valence-electron chi connectivity index (χ4n) is 3.56. The monoisotopic (exact) mass is 440 g/mol. The van der Waals surface area contributed by atoms with E-state index < -0.39 is 11.6 Å². The van der Waals surface area contributed by atoms with Crippen molar-refractivity contribution in [3.8, 4) is 11.3 Å². The van der Waals surface area contributed by atoms with E-state index in [0.717, 1.165) is 50.6 Å². The zero-order valence-corrected chi connectivity index (χ0v) is 18.1. The molecule has 1 saturated heterocycles. The van der Waals surface area contributed by atoms with E-state index in [0.29, 0.717) is 11.5 Å². The second-order valence-corrected chi connectivity index (χ2v) is 7.82. The minimum absolute atomic E-state index is 0.0371. The maximum atomic E-state index is 14.4. The molecule has 0 unspecified atom stereocenters. The number of nitrogen functional groups attached to an aromatic ring is 1. The van der Waals surface area contributed by atoms with Gasteiger partial charge in [0.25, 0.3) is 0 Å². The highest BCUT2D eigenvalue weighted by atomic mass is 19.1. The molecule has 0 radical (unpaired) electrons. The maximum absolute atomic E-state index is 14.4. The molecule has 4 N–H and O–H groups in total. The molecule has 1 aromatic carbocycles. The Morgan fingerprint density at radius 1 is 1.03 bits per heavy atom. The Morgan fingerprint density at radius 2 is 1.81 bits per heavy atom. The number of benzene rings is 1. The number of likely N-dealkylation sites (N-methyl/N-ethyl adjacent to an activating group) is 1. The van der Waals surface area contributed by atoms with Crippen LogP contribution in [0, 0.1) is 11.6 Å². The Kier molecular flexibility index (Phi) is 6.42. The molecule has 0 amide bonds. The molecule has 1 aliphatic rings. The molecule has 0 bridgehead atoms. The van der Waals surface area contributed by atoms with E-state index in [9.17, 15) is 8.78 Å². The molecule has 3 heterocycles. The van der Waals surface area contributed by atoms with E-state index >= 15 is 0 Å². The normalized spacial score (nSPS) is 15.0. The quantitative estimate of drug-likeness (QED) is 0.504. The van der Waals surface area contributed by atoms with Crippen molar-refractivity contribution in [3.05, 3.63) is 53.9 Å². The first kappa shape index (κ1) is 21.8. The number of piperazine rings is 1. The number of hydrogen-bond acceptors (Lipinski definition) is 8. The lowest BCUT2D eigenvalue weighted by atomic mass is 10.1. The van der Waals surface area contributed by atoms with Crippen LogP contribution in [0.4, 0.5) is 31.9 Å². The first-order valence-electron chi connectivity index (χ1n) is 10.4. The van der Waals surface area contributed by atoms with Crippen molar-refractivity contribution in [2.45, 2.75) is 6.54 Å². The van der Waals surface area contributed by atoms with Gasteiger partial charge >= 0.3 is 0 Å². The molecule has 3 aromatic rings. The highest BCUT2D eigenvalue weighted by molar-refractivity contribution is 5.75. The van der Waals surface area contributed by atoms with Crippen molar-refractivity contribution >= 4 is 23.1 Å². The standard InChI is InChI=1S/C22H26F2N8/c1-26-18-10-15(9-16(23)20(18)25)21-17(24)12-28-22(30-21)29-19-4-3-14(11-27-19)13-32-7-5-31(2)6-8-32/h3-4,9-12,26H,5-8,13,25H2,1-2H3,(H,27,28,29,30). The van der Waals surface area contributed by atoms with Crippen molar-refractivity contribution in [1.29, 1.82) is 0 Å². The second-order valence-electron chi connectivity index (χ2n) is 7.82. The summed E-state index contributed by atoms with van der Waals surface area (Å²) >= 11 is 0. The molecular formula is C22H26F2N8. The number of rotatable bonds is 6. The number of hydrogen-bond donors (Lipinski definition) is 3. The van der Waals surface area contributed by atoms with Crippen molar-refractivity contribution in [3.63, 3.8) is 0 Å². The topological polar surface area (TPSA) is 95.2 Å². The summed E-state index contributed by atoms with van der Waals surface area (Å²) in [5, 5.41) is 5.77. The van der Waals surface area contributed by atoms with Gasteiger partial charge in [0.1, 0.15) is 17.3 Å². The average Bonchev–Trinajstić information content (AvgIpc) is 2.79. The van der Waals surface area contributed by atoms with E-state index in [4.69, 9.17) is 5.73 Å². The zero-order chi connectivity index (χ0) is 22.7. The van der Waals surface area contributed by atoms with Gasteiger partial charge in [0.05, 0.1) is 17.6 Å². The van der Waals surface area contributed by atoms with Gasteiger partial charge in [0.15, 0.2) is 5.82 Å². The summed E-state index contributed by atoms with van der Waals surface area (Å²) in [5.74, 6) is -0.637. The number of anilines is 4. The van der Waals surface area contributed by atoms with E-state index in [-0.39, 0.29) is 22.9 Å². The van der Waals surface area contributed by atoms with Gasteiger partial charge in [-0.1, -0.05) is 6.07 Å². The Hall–Kier alpha value is -3.37. The fraction of sp³-hybridized carbons (Fsp3) is 0.318. The van der Waals surface area contributed by atoms with Crippen LogP contribution in [0.1, 0.15) is 5.56 Å². The number of pyridine rings is 1. The zero-order valence-electron chi connectivity index (χ0n) is 18.1. The van der Waals surface area contributed by atoms with Crippen molar-refractivity contribution in [2.75, 3.05) is 56.6 Å². The average molecular weight is 441 g/mol. The van der Waals surface area contributed by atoms with Gasteiger partial charge in [-0.25, -0.2) is 23.7 Å². The van der Waals surface area contributed by atoms with E-state index in [1.54, 1.807) is 19.3 Å². The molecule has 1 aliphatic heterocycles. The molecule has 8 nitrogen and oxygen atoms in total. The second kappa shape index (κ2) is 9.41. The molecular weight excluding hydrogens is 414 g/mol. The summed E-state index contributed by atoms with van der Waals surface area (Å²) in [5.41, 5.74) is 7.33. The number of halogens is 2. The third kappa shape index (κ3) is 4.92. The van der Waals surface area contributed by atoms with Gasteiger partial charge in [-0.3, -0.25) is 4.90 Å². The molecule has 168 valence electrons. The van der Waals surface area contributed by atoms with Gasteiger partial charge in [-0.15, -0.1) is 0 Å². The van der Waals surface area contributed by atoms with Crippen LogP contribution < -0.4 is 16.4 Å². The smallest absolute Gasteiger partial charge is 0.229 e. The minimum Gasteiger partial charge on any atom is -0.395 e. The van der Waals surface area contributed by atoms with Gasteiger partial charge in [-0.05, 0) is 30.8 Å². The molecule has 0 spiro atoms. The molecule has 0 saturated carbocycles. The maximum Gasteiger partial charge on any atom is 0.229 e. The number of nitrogens with zero attached hydrogens (tertiary/aromatic N) is 5. The van der Waals surface area contributed by atoms with Gasteiger partial charge in [0.2, 0.25) is 5.95 Å². The summed E-state index contributed by atoms with van der Waals surface area (Å²) in [4.78, 5) is 17.3. The minimum atomic E-state index is -0.669. The first-order valence-corrected chi connectivity index (χ1v) is 10.4. The summed E-state index contributed by atoms with van der Waals surface area (Å²) in [6.07, 6.45) is 2.85. The predicted octanol–water partition coefficient (Wildman–Crippen LogP) is 2.93. The van der Waals surface area contributed by atoms with Gasteiger partial charge in [0, 0.05) is 51.5 Å². The molecule has 10 heteroatoms. The van der Waals surface area contributed by atoms with Crippen LogP contribution >= 0.6 is 0 Å². The Labute approximate surface area is 185 Å². The van der Waals surface area contributed by atoms with Crippen LogP contribution in [-0.2, 0) is 6.54 Å². The molecule has 1 fully saturated rings. The molecule has 32 heavy (non-hydrogen) atoms. The molecule has 0 aliphatic carbocycles. The van der Waals surface area contributed by atoms with Crippen molar-refractivity contribution in [1.82, 2.24) is 24.8 Å². The lowest BCUT2D eigenvalue weighted by molar-refractivity contribution is 0.148. The summed E-state index contributed by atoms with van der Waals surface area (Å²) in [7, 11) is 3.74. The summed E-state index contributed by atoms with van der Waals surface area (Å²) < 4.78 is 28.6. The van der Waals surface area contributed by atoms with Crippen LogP contribution in [0.5, 0.6) is 0 Å². The SMILES string of the molecule is CNc1cc(-c2nc(Nc3ccc(CN4CCN(C)CC4)cn3)ncc2F)cc(F)c1N. The van der Waals surface area contributed by atoms with Crippen LogP contribution in [0.25, 0.3) is 11.3 Å². The highest BCUT2D eigenvalue weighted by Crippen LogP contribution is 2.30. The lowest BCUT2D eigenvalue weighted by Gasteiger charge is -2.32. The van der Waals surface area contributed by atoms with E-state index in [2.05, 4.69) is 42.4 Å². The molecule has 2 aromatic heterocycles. The lowest BCUT2D eigenvalue weighted by Crippen LogP contribution is -2.43. The van der Waals surface area contributed by atoms with Crippen LogP contribution in [0.3, 0.4) is 0 Å². The van der Waals surface area contributed by atoms with Crippen LogP contribution in [0.15, 0.2) is 36.7 Å². The van der Waals surface area contributed by atoms with Gasteiger partial charge in [-0.2, -0.15) is 0 Å². The van der Waals surface area contributed by atoms with Gasteiger partial charge < -0.3 is 21.3 Å². The van der Waals surface area contributed by atoms with E-state index in [1.165, 1.54) is 0 Å². The Bertz CT molecular complexity index is 1080. The first-order chi connectivity index (χ1) is 15.4. The summed E-state index contributed by atoms with van der Waals surface area (Å²) in [6.45, 7) is 5.03. The number of aromatic nitrogens is 3. The highest BCUT2D eigenvalue weighted by Gasteiger charge is 2.16. The fourth-order valence-corrected chi connectivity index (χ4v) is 3.56. The van der Waals surface area contributed by atoms with Crippen LogP contribution in [-0.4, -0.2) is 65.0 Å². The van der Waals surface area contributed by atoms with Crippen molar-refractivity contribution in [2.24, 2.45) is 0 Å². The van der Waals surface area contributed by atoms with E-state index in [1.807, 2.05) is 12.1 Å². The number of nitrogens with one attached hydrogen (secondary N) is 2. The summed E-state index contributed by atoms with van der Waals surface area (Å²) in [6, 6.07) is 6.52. The molecule has 4 rings (SSSR count). The van der Waals surface area contributed by atoms with Crippen molar-refractivity contribution < 1.29 is 8.78 Å². The largest absolute Gasteiger partial charge is 0.395 e. The number of nitrogens with two attached hydrogens (primary N) is 1. The Balaban J connectivity index is 1.49. The third-order valence-corrected chi connectivity index (χ3v) is 5.48. The molecule has 0 atom stereocenters. The van der Waals surface area contributed by atoms with Crippen LogP contribution in [0.2, 0.25) is 0 Å². The third-order valence-electron chi connectivity index (χ3n) is 5.48. The Morgan fingerprint density at radius 3 is 2.50 bits per heavy atom. The predicted molar refractivity (Wildman–Crippen MR) is 122 cm³/mol.